The largest absolute Gasteiger partial charge is 0.381 e. The SMILES string of the molecule is CN=C(NCCCOCC1CCOC1)N1CCC2(CCCCC2)C1. The summed E-state index contributed by atoms with van der Waals surface area (Å²) in [6.07, 6.45) is 10.6. The van der Waals surface area contributed by atoms with Crippen LogP contribution in [-0.4, -0.2) is 64.0 Å². The van der Waals surface area contributed by atoms with E-state index >= 15 is 0 Å². The first kappa shape index (κ1) is 18.0. The van der Waals surface area contributed by atoms with Crippen molar-refractivity contribution >= 4 is 5.96 Å². The predicted octanol–water partition coefficient (Wildman–Crippen LogP) is 2.66. The van der Waals surface area contributed by atoms with Crippen LogP contribution in [0.5, 0.6) is 0 Å². The Morgan fingerprint density at radius 1 is 1.29 bits per heavy atom. The third-order valence-corrected chi connectivity index (χ3v) is 5.99. The van der Waals surface area contributed by atoms with Crippen LogP contribution >= 0.6 is 0 Å². The summed E-state index contributed by atoms with van der Waals surface area (Å²) in [7, 11) is 1.91. The van der Waals surface area contributed by atoms with E-state index in [1.807, 2.05) is 7.05 Å². The summed E-state index contributed by atoms with van der Waals surface area (Å²) in [6.45, 7) is 6.76. The van der Waals surface area contributed by atoms with E-state index in [1.54, 1.807) is 0 Å². The summed E-state index contributed by atoms with van der Waals surface area (Å²) < 4.78 is 11.1. The van der Waals surface area contributed by atoms with Gasteiger partial charge in [0.1, 0.15) is 0 Å². The average molecular weight is 338 g/mol. The van der Waals surface area contributed by atoms with Gasteiger partial charge in [-0.25, -0.2) is 0 Å². The van der Waals surface area contributed by atoms with Crippen molar-refractivity contribution in [2.45, 2.75) is 51.4 Å². The Bertz CT molecular complexity index is 401. The Hall–Kier alpha value is -0.810. The minimum Gasteiger partial charge on any atom is -0.381 e. The van der Waals surface area contributed by atoms with Gasteiger partial charge in [-0.15, -0.1) is 0 Å². The van der Waals surface area contributed by atoms with Crippen LogP contribution in [0.15, 0.2) is 4.99 Å². The van der Waals surface area contributed by atoms with Gasteiger partial charge in [0, 0.05) is 45.8 Å². The maximum Gasteiger partial charge on any atom is 0.193 e. The van der Waals surface area contributed by atoms with Gasteiger partial charge >= 0.3 is 0 Å². The van der Waals surface area contributed by atoms with Crippen molar-refractivity contribution in [2.24, 2.45) is 16.3 Å². The van der Waals surface area contributed by atoms with Crippen LogP contribution in [0.25, 0.3) is 0 Å². The van der Waals surface area contributed by atoms with Gasteiger partial charge in [0.2, 0.25) is 0 Å². The van der Waals surface area contributed by atoms with E-state index in [0.29, 0.717) is 11.3 Å². The topological polar surface area (TPSA) is 46.1 Å². The molecule has 0 aromatic rings. The normalized spacial score (nSPS) is 27.1. The average Bonchev–Trinajstić information content (AvgIpc) is 3.26. The Labute approximate surface area is 147 Å². The van der Waals surface area contributed by atoms with Crippen LogP contribution in [0.1, 0.15) is 51.4 Å². The van der Waals surface area contributed by atoms with Gasteiger partial charge in [-0.1, -0.05) is 19.3 Å². The van der Waals surface area contributed by atoms with Crippen molar-refractivity contribution in [3.05, 3.63) is 0 Å². The molecule has 3 fully saturated rings. The van der Waals surface area contributed by atoms with E-state index in [1.165, 1.54) is 45.1 Å². The lowest BCUT2D eigenvalue weighted by Crippen LogP contribution is -2.42. The van der Waals surface area contributed by atoms with Crippen molar-refractivity contribution < 1.29 is 9.47 Å². The van der Waals surface area contributed by atoms with Crippen molar-refractivity contribution in [1.29, 1.82) is 0 Å². The number of hydrogen-bond acceptors (Lipinski definition) is 3. The first-order chi connectivity index (χ1) is 11.8. The molecule has 3 aliphatic rings. The number of hydrogen-bond donors (Lipinski definition) is 1. The van der Waals surface area contributed by atoms with Crippen molar-refractivity contribution in [3.8, 4) is 0 Å². The van der Waals surface area contributed by atoms with Gasteiger partial charge in [-0.2, -0.15) is 0 Å². The summed E-state index contributed by atoms with van der Waals surface area (Å²) >= 11 is 0. The fraction of sp³-hybridized carbons (Fsp3) is 0.947. The number of ether oxygens (including phenoxy) is 2. The third-order valence-electron chi connectivity index (χ3n) is 5.99. The van der Waals surface area contributed by atoms with Crippen LogP contribution in [0, 0.1) is 11.3 Å². The number of aliphatic imine (C=N–C) groups is 1. The molecule has 0 aromatic heterocycles. The number of rotatable bonds is 6. The van der Waals surface area contributed by atoms with E-state index in [2.05, 4.69) is 15.2 Å². The second kappa shape index (κ2) is 9.04. The minimum atomic E-state index is 0.586. The molecule has 5 heteroatoms. The summed E-state index contributed by atoms with van der Waals surface area (Å²) in [6, 6.07) is 0. The van der Waals surface area contributed by atoms with Gasteiger partial charge in [0.15, 0.2) is 5.96 Å². The van der Waals surface area contributed by atoms with E-state index in [4.69, 9.17) is 9.47 Å². The zero-order valence-electron chi connectivity index (χ0n) is 15.4. The van der Waals surface area contributed by atoms with E-state index in [0.717, 1.165) is 58.3 Å². The summed E-state index contributed by atoms with van der Waals surface area (Å²) in [4.78, 5) is 6.98. The molecule has 0 aromatic carbocycles. The molecular formula is C19H35N3O2. The molecule has 0 bridgehead atoms. The molecular weight excluding hydrogens is 302 g/mol. The molecule has 0 amide bonds. The van der Waals surface area contributed by atoms with Gasteiger partial charge in [0.05, 0.1) is 13.2 Å². The number of likely N-dealkylation sites (tertiary alicyclic amines) is 1. The lowest BCUT2D eigenvalue weighted by atomic mass is 9.73. The molecule has 1 unspecified atom stereocenters. The highest BCUT2D eigenvalue weighted by atomic mass is 16.5. The first-order valence-corrected chi connectivity index (χ1v) is 9.92. The standard InChI is InChI=1S/C19H35N3O2/c1-20-18(21-10-5-12-23-14-17-6-13-24-15-17)22-11-9-19(16-22)7-3-2-4-8-19/h17H,2-16H2,1H3,(H,20,21). The second-order valence-electron chi connectivity index (χ2n) is 7.86. The zero-order valence-corrected chi connectivity index (χ0v) is 15.4. The number of nitrogens with zero attached hydrogens (tertiary/aromatic N) is 2. The van der Waals surface area contributed by atoms with Crippen LogP contribution < -0.4 is 5.32 Å². The fourth-order valence-electron chi connectivity index (χ4n) is 4.50. The molecule has 1 N–H and O–H groups in total. The zero-order chi connectivity index (χ0) is 16.7. The fourth-order valence-corrected chi connectivity index (χ4v) is 4.50. The number of nitrogens with one attached hydrogen (secondary N) is 1. The van der Waals surface area contributed by atoms with Crippen molar-refractivity contribution in [2.75, 3.05) is 53.1 Å². The highest BCUT2D eigenvalue weighted by Gasteiger charge is 2.39. The number of guanidine groups is 1. The van der Waals surface area contributed by atoms with Gasteiger partial charge in [-0.3, -0.25) is 4.99 Å². The molecule has 1 saturated carbocycles. The van der Waals surface area contributed by atoms with Gasteiger partial charge in [0.25, 0.3) is 0 Å². The first-order valence-electron chi connectivity index (χ1n) is 9.92. The summed E-state index contributed by atoms with van der Waals surface area (Å²) in [5.74, 6) is 1.70. The van der Waals surface area contributed by atoms with Crippen LogP contribution in [0.4, 0.5) is 0 Å². The third kappa shape index (κ3) is 4.85. The molecule has 2 saturated heterocycles. The summed E-state index contributed by atoms with van der Waals surface area (Å²) in [5, 5.41) is 3.53. The molecule has 138 valence electrons. The Balaban J connectivity index is 1.30. The highest BCUT2D eigenvalue weighted by Crippen LogP contribution is 2.43. The quantitative estimate of drug-likeness (QED) is 0.460. The maximum atomic E-state index is 5.78. The molecule has 2 aliphatic heterocycles. The predicted molar refractivity (Wildman–Crippen MR) is 97.4 cm³/mol. The van der Waals surface area contributed by atoms with Crippen molar-refractivity contribution in [1.82, 2.24) is 10.2 Å². The molecule has 1 aliphatic carbocycles. The molecule has 5 nitrogen and oxygen atoms in total. The van der Waals surface area contributed by atoms with Gasteiger partial charge < -0.3 is 19.7 Å². The van der Waals surface area contributed by atoms with E-state index in [-0.39, 0.29) is 0 Å². The van der Waals surface area contributed by atoms with Crippen LogP contribution in [0.2, 0.25) is 0 Å². The lowest BCUT2D eigenvalue weighted by Gasteiger charge is -2.33. The molecule has 1 spiro atoms. The van der Waals surface area contributed by atoms with E-state index in [9.17, 15) is 0 Å². The Morgan fingerprint density at radius 3 is 2.92 bits per heavy atom. The lowest BCUT2D eigenvalue weighted by molar-refractivity contribution is 0.0887. The molecule has 24 heavy (non-hydrogen) atoms. The Morgan fingerprint density at radius 2 is 2.17 bits per heavy atom. The maximum absolute atomic E-state index is 5.78. The second-order valence-corrected chi connectivity index (χ2v) is 7.86. The monoisotopic (exact) mass is 337 g/mol. The van der Waals surface area contributed by atoms with Crippen molar-refractivity contribution in [3.63, 3.8) is 0 Å². The molecule has 2 heterocycles. The minimum absolute atomic E-state index is 0.586. The van der Waals surface area contributed by atoms with Crippen LogP contribution in [0.3, 0.4) is 0 Å². The van der Waals surface area contributed by atoms with Gasteiger partial charge in [-0.05, 0) is 37.5 Å². The molecule has 0 radical (unpaired) electrons. The van der Waals surface area contributed by atoms with E-state index < -0.39 is 0 Å². The van der Waals surface area contributed by atoms with Crippen LogP contribution in [-0.2, 0) is 9.47 Å². The highest BCUT2D eigenvalue weighted by molar-refractivity contribution is 5.80. The summed E-state index contributed by atoms with van der Waals surface area (Å²) in [5.41, 5.74) is 0.586. The molecule has 3 rings (SSSR count). The Kier molecular flexibility index (Phi) is 6.78. The smallest absolute Gasteiger partial charge is 0.193 e. The molecule has 1 atom stereocenters.